The summed E-state index contributed by atoms with van der Waals surface area (Å²) in [5.41, 5.74) is 16.2. The molecule has 29 heavy (non-hydrogen) atoms. The molecule has 0 saturated heterocycles. The Balaban J connectivity index is 1.53. The van der Waals surface area contributed by atoms with Gasteiger partial charge in [0.05, 0.1) is 5.56 Å². The van der Waals surface area contributed by atoms with Gasteiger partial charge in [-0.2, -0.15) is 0 Å². The van der Waals surface area contributed by atoms with Gasteiger partial charge in [-0.15, -0.1) is 0 Å². The van der Waals surface area contributed by atoms with E-state index < -0.39 is 0 Å². The average molecular weight is 389 g/mol. The van der Waals surface area contributed by atoms with Crippen molar-refractivity contribution >= 4 is 17.3 Å². The average Bonchev–Trinajstić information content (AvgIpc) is 2.75. The number of nitrogen functional groups attached to an aromatic ring is 2. The summed E-state index contributed by atoms with van der Waals surface area (Å²) in [4.78, 5) is 12.2. The topological polar surface area (TPSA) is 93.2 Å². The van der Waals surface area contributed by atoms with Gasteiger partial charge in [0.25, 0.3) is 5.91 Å². The van der Waals surface area contributed by atoms with Crippen molar-refractivity contribution in [2.75, 3.05) is 24.6 Å². The quantitative estimate of drug-likeness (QED) is 0.333. The molecular formula is C24H28N4O. The number of carbonyl (C=O) groups is 1. The van der Waals surface area contributed by atoms with Gasteiger partial charge in [0.1, 0.15) is 0 Å². The third-order valence-corrected chi connectivity index (χ3v) is 4.92. The van der Waals surface area contributed by atoms with Crippen molar-refractivity contribution in [2.24, 2.45) is 0 Å². The second-order valence-corrected chi connectivity index (χ2v) is 7.02. The SMILES string of the molecule is Nc1ccccc1CC(NCCCNC(=O)c1ccccc1N)c1ccccc1. The molecule has 0 aliphatic rings. The maximum Gasteiger partial charge on any atom is 0.253 e. The van der Waals surface area contributed by atoms with E-state index in [1.54, 1.807) is 12.1 Å². The third kappa shape index (κ3) is 5.83. The van der Waals surface area contributed by atoms with E-state index >= 15 is 0 Å². The smallest absolute Gasteiger partial charge is 0.253 e. The number of nitrogens with two attached hydrogens (primary N) is 2. The van der Waals surface area contributed by atoms with Crippen LogP contribution in [0.4, 0.5) is 11.4 Å². The molecule has 0 radical (unpaired) electrons. The van der Waals surface area contributed by atoms with Crippen LogP contribution in [0.1, 0.15) is 33.9 Å². The van der Waals surface area contributed by atoms with Crippen molar-refractivity contribution in [3.8, 4) is 0 Å². The first kappa shape index (κ1) is 20.4. The van der Waals surface area contributed by atoms with Crippen LogP contribution in [0.15, 0.2) is 78.9 Å². The maximum absolute atomic E-state index is 12.2. The molecule has 0 heterocycles. The monoisotopic (exact) mass is 388 g/mol. The van der Waals surface area contributed by atoms with Crippen LogP contribution in [0.25, 0.3) is 0 Å². The van der Waals surface area contributed by atoms with E-state index in [0.29, 0.717) is 17.8 Å². The van der Waals surface area contributed by atoms with Crippen LogP contribution in [0.2, 0.25) is 0 Å². The van der Waals surface area contributed by atoms with Crippen LogP contribution in [0.5, 0.6) is 0 Å². The molecule has 3 rings (SSSR count). The first-order valence-electron chi connectivity index (χ1n) is 9.89. The lowest BCUT2D eigenvalue weighted by atomic mass is 9.97. The van der Waals surface area contributed by atoms with E-state index in [-0.39, 0.29) is 11.9 Å². The Labute approximate surface area is 172 Å². The molecule has 3 aromatic rings. The Bertz CT molecular complexity index is 927. The summed E-state index contributed by atoms with van der Waals surface area (Å²) in [6, 6.07) is 25.6. The second-order valence-electron chi connectivity index (χ2n) is 7.02. The zero-order valence-electron chi connectivity index (χ0n) is 16.5. The van der Waals surface area contributed by atoms with Crippen LogP contribution in [0.3, 0.4) is 0 Å². The lowest BCUT2D eigenvalue weighted by Gasteiger charge is -2.20. The largest absolute Gasteiger partial charge is 0.399 e. The van der Waals surface area contributed by atoms with E-state index in [9.17, 15) is 4.79 Å². The van der Waals surface area contributed by atoms with E-state index in [4.69, 9.17) is 11.5 Å². The standard InChI is InChI=1S/C24H28N4O/c25-21-13-6-4-11-19(21)17-23(18-9-2-1-3-10-18)27-15-8-16-28-24(29)20-12-5-7-14-22(20)26/h1-7,9-14,23,27H,8,15-17,25-26H2,(H,28,29). The number of anilines is 2. The molecule has 5 heteroatoms. The summed E-state index contributed by atoms with van der Waals surface area (Å²) in [7, 11) is 0. The highest BCUT2D eigenvalue weighted by atomic mass is 16.1. The van der Waals surface area contributed by atoms with Gasteiger partial charge >= 0.3 is 0 Å². The van der Waals surface area contributed by atoms with Crippen molar-refractivity contribution in [3.05, 3.63) is 95.6 Å². The van der Waals surface area contributed by atoms with Crippen LogP contribution in [-0.2, 0) is 6.42 Å². The zero-order valence-corrected chi connectivity index (χ0v) is 16.5. The Kier molecular flexibility index (Phi) is 7.25. The molecular weight excluding hydrogens is 360 g/mol. The number of carbonyl (C=O) groups excluding carboxylic acids is 1. The van der Waals surface area contributed by atoms with Gasteiger partial charge in [0.15, 0.2) is 0 Å². The van der Waals surface area contributed by atoms with Gasteiger partial charge in [0.2, 0.25) is 0 Å². The number of hydrogen-bond acceptors (Lipinski definition) is 4. The fourth-order valence-corrected chi connectivity index (χ4v) is 3.30. The number of nitrogens with one attached hydrogen (secondary N) is 2. The van der Waals surface area contributed by atoms with E-state index in [1.807, 2.05) is 48.5 Å². The minimum Gasteiger partial charge on any atom is -0.399 e. The van der Waals surface area contributed by atoms with Gasteiger partial charge in [-0.3, -0.25) is 4.79 Å². The highest BCUT2D eigenvalue weighted by Crippen LogP contribution is 2.22. The van der Waals surface area contributed by atoms with Crippen molar-refractivity contribution in [3.63, 3.8) is 0 Å². The van der Waals surface area contributed by atoms with Crippen LogP contribution < -0.4 is 22.1 Å². The minimum absolute atomic E-state index is 0.139. The van der Waals surface area contributed by atoms with Crippen LogP contribution >= 0.6 is 0 Å². The molecule has 1 amide bonds. The highest BCUT2D eigenvalue weighted by Gasteiger charge is 2.13. The summed E-state index contributed by atoms with van der Waals surface area (Å²) < 4.78 is 0. The number of benzene rings is 3. The second kappa shape index (κ2) is 10.3. The molecule has 0 fully saturated rings. The summed E-state index contributed by atoms with van der Waals surface area (Å²) in [6.07, 6.45) is 1.62. The molecule has 0 aliphatic carbocycles. The summed E-state index contributed by atoms with van der Waals surface area (Å²) in [5.74, 6) is -0.139. The van der Waals surface area contributed by atoms with E-state index in [1.165, 1.54) is 5.56 Å². The fraction of sp³-hybridized carbons (Fsp3) is 0.208. The van der Waals surface area contributed by atoms with Gasteiger partial charge < -0.3 is 22.1 Å². The van der Waals surface area contributed by atoms with Crippen molar-refractivity contribution in [2.45, 2.75) is 18.9 Å². The molecule has 0 saturated carbocycles. The first-order chi connectivity index (χ1) is 14.1. The Morgan fingerprint density at radius 2 is 1.45 bits per heavy atom. The number of amides is 1. The number of rotatable bonds is 9. The molecule has 0 aliphatic heterocycles. The van der Waals surface area contributed by atoms with Gasteiger partial charge in [-0.25, -0.2) is 0 Å². The van der Waals surface area contributed by atoms with Gasteiger partial charge in [0, 0.05) is 24.0 Å². The molecule has 0 spiro atoms. The lowest BCUT2D eigenvalue weighted by Crippen LogP contribution is -2.30. The Morgan fingerprint density at radius 1 is 0.793 bits per heavy atom. The van der Waals surface area contributed by atoms with Gasteiger partial charge in [-0.05, 0) is 48.7 Å². The van der Waals surface area contributed by atoms with Crippen molar-refractivity contribution in [1.82, 2.24) is 10.6 Å². The predicted molar refractivity (Wildman–Crippen MR) is 120 cm³/mol. The first-order valence-corrected chi connectivity index (χ1v) is 9.89. The fourth-order valence-electron chi connectivity index (χ4n) is 3.30. The maximum atomic E-state index is 12.2. The van der Waals surface area contributed by atoms with Crippen LogP contribution in [0, 0.1) is 0 Å². The van der Waals surface area contributed by atoms with E-state index in [2.05, 4.69) is 28.8 Å². The van der Waals surface area contributed by atoms with Crippen molar-refractivity contribution < 1.29 is 4.79 Å². The molecule has 0 bridgehead atoms. The summed E-state index contributed by atoms with van der Waals surface area (Å²) >= 11 is 0. The number of para-hydroxylation sites is 2. The van der Waals surface area contributed by atoms with Gasteiger partial charge in [-0.1, -0.05) is 60.7 Å². The molecule has 1 unspecified atom stereocenters. The number of hydrogen-bond donors (Lipinski definition) is 4. The van der Waals surface area contributed by atoms with E-state index in [0.717, 1.165) is 30.6 Å². The molecule has 5 nitrogen and oxygen atoms in total. The molecule has 1 atom stereocenters. The Hall–Kier alpha value is -3.31. The zero-order chi connectivity index (χ0) is 20.5. The highest BCUT2D eigenvalue weighted by molar-refractivity contribution is 5.99. The minimum atomic E-state index is -0.139. The predicted octanol–water partition coefficient (Wildman–Crippen LogP) is 3.54. The third-order valence-electron chi connectivity index (χ3n) is 4.92. The Morgan fingerprint density at radius 3 is 2.17 bits per heavy atom. The molecule has 0 aromatic heterocycles. The van der Waals surface area contributed by atoms with Crippen LogP contribution in [-0.4, -0.2) is 19.0 Å². The molecule has 6 N–H and O–H groups in total. The lowest BCUT2D eigenvalue weighted by molar-refractivity contribution is 0.0954. The van der Waals surface area contributed by atoms with Crippen molar-refractivity contribution in [1.29, 1.82) is 0 Å². The molecule has 150 valence electrons. The normalized spacial score (nSPS) is 11.7. The summed E-state index contributed by atoms with van der Waals surface area (Å²) in [6.45, 7) is 1.35. The summed E-state index contributed by atoms with van der Waals surface area (Å²) in [5, 5.41) is 6.54. The molecule has 3 aromatic carbocycles.